The van der Waals surface area contributed by atoms with E-state index in [2.05, 4.69) is 6.92 Å². The van der Waals surface area contributed by atoms with Crippen LogP contribution in [0.1, 0.15) is 45.4 Å². The standard InChI is InChI=1S/C11H22ClNO/c1-3-4-7-10-13(2)11(14)8-5-6-9-12/h3-10H2,1-2H3. The molecular weight excluding hydrogens is 198 g/mol. The first-order chi connectivity index (χ1) is 6.72. The highest BCUT2D eigenvalue weighted by molar-refractivity contribution is 6.17. The van der Waals surface area contributed by atoms with Gasteiger partial charge in [-0.25, -0.2) is 0 Å². The highest BCUT2D eigenvalue weighted by Crippen LogP contribution is 2.02. The van der Waals surface area contributed by atoms with Crippen molar-refractivity contribution < 1.29 is 4.79 Å². The summed E-state index contributed by atoms with van der Waals surface area (Å²) in [7, 11) is 1.89. The van der Waals surface area contributed by atoms with E-state index < -0.39 is 0 Å². The Morgan fingerprint density at radius 2 is 1.93 bits per heavy atom. The van der Waals surface area contributed by atoms with E-state index in [1.165, 1.54) is 12.8 Å². The number of carbonyl (C=O) groups excluding carboxylic acids is 1. The van der Waals surface area contributed by atoms with Gasteiger partial charge in [0.25, 0.3) is 0 Å². The van der Waals surface area contributed by atoms with Crippen molar-refractivity contribution in [2.24, 2.45) is 0 Å². The van der Waals surface area contributed by atoms with Crippen LogP contribution < -0.4 is 0 Å². The summed E-state index contributed by atoms with van der Waals surface area (Å²) in [6, 6.07) is 0. The Morgan fingerprint density at radius 3 is 2.50 bits per heavy atom. The molecule has 0 fully saturated rings. The van der Waals surface area contributed by atoms with Gasteiger partial charge < -0.3 is 4.90 Å². The van der Waals surface area contributed by atoms with E-state index in [0.29, 0.717) is 12.3 Å². The van der Waals surface area contributed by atoms with E-state index in [1.807, 2.05) is 11.9 Å². The minimum absolute atomic E-state index is 0.256. The molecule has 0 N–H and O–H groups in total. The number of unbranched alkanes of at least 4 members (excludes halogenated alkanes) is 3. The molecular formula is C11H22ClNO. The van der Waals surface area contributed by atoms with Crippen LogP contribution in [0.4, 0.5) is 0 Å². The van der Waals surface area contributed by atoms with Crippen LogP contribution in [0.2, 0.25) is 0 Å². The molecule has 14 heavy (non-hydrogen) atoms. The fourth-order valence-electron chi connectivity index (χ4n) is 1.29. The predicted molar refractivity (Wildman–Crippen MR) is 61.7 cm³/mol. The second kappa shape index (κ2) is 9.32. The monoisotopic (exact) mass is 219 g/mol. The van der Waals surface area contributed by atoms with Gasteiger partial charge in [0.1, 0.15) is 0 Å². The Hall–Kier alpha value is -0.240. The fourth-order valence-corrected chi connectivity index (χ4v) is 1.47. The van der Waals surface area contributed by atoms with E-state index in [-0.39, 0.29) is 5.91 Å². The number of hydrogen-bond acceptors (Lipinski definition) is 1. The van der Waals surface area contributed by atoms with E-state index >= 15 is 0 Å². The summed E-state index contributed by atoms with van der Waals surface area (Å²) in [5, 5.41) is 0. The van der Waals surface area contributed by atoms with E-state index in [4.69, 9.17) is 11.6 Å². The zero-order valence-corrected chi connectivity index (χ0v) is 10.1. The van der Waals surface area contributed by atoms with Gasteiger partial charge in [0.05, 0.1) is 0 Å². The second-order valence-electron chi connectivity index (χ2n) is 3.67. The first-order valence-electron chi connectivity index (χ1n) is 5.52. The molecule has 0 aromatic heterocycles. The first-order valence-corrected chi connectivity index (χ1v) is 6.05. The molecule has 0 rings (SSSR count). The summed E-state index contributed by atoms with van der Waals surface area (Å²) in [4.78, 5) is 13.3. The minimum Gasteiger partial charge on any atom is -0.346 e. The van der Waals surface area contributed by atoms with Crippen molar-refractivity contribution >= 4 is 17.5 Å². The Kier molecular flexibility index (Phi) is 9.16. The highest BCUT2D eigenvalue weighted by atomic mass is 35.5. The lowest BCUT2D eigenvalue weighted by Gasteiger charge is -2.16. The van der Waals surface area contributed by atoms with Crippen molar-refractivity contribution in [3.05, 3.63) is 0 Å². The average molecular weight is 220 g/mol. The zero-order chi connectivity index (χ0) is 10.8. The van der Waals surface area contributed by atoms with Gasteiger partial charge in [-0.3, -0.25) is 4.79 Å². The van der Waals surface area contributed by atoms with Gasteiger partial charge in [-0.1, -0.05) is 19.8 Å². The summed E-state index contributed by atoms with van der Waals surface area (Å²) in [6.45, 7) is 3.07. The second-order valence-corrected chi connectivity index (χ2v) is 4.05. The normalized spacial score (nSPS) is 10.2. The van der Waals surface area contributed by atoms with Crippen molar-refractivity contribution in [3.63, 3.8) is 0 Å². The Balaban J connectivity index is 3.44. The number of carbonyl (C=O) groups is 1. The number of rotatable bonds is 8. The maximum absolute atomic E-state index is 11.5. The Morgan fingerprint density at radius 1 is 1.21 bits per heavy atom. The lowest BCUT2D eigenvalue weighted by atomic mass is 10.2. The summed E-state index contributed by atoms with van der Waals surface area (Å²) >= 11 is 5.54. The maximum atomic E-state index is 11.5. The van der Waals surface area contributed by atoms with Crippen LogP contribution in [0.15, 0.2) is 0 Å². The largest absolute Gasteiger partial charge is 0.346 e. The number of halogens is 1. The predicted octanol–water partition coefficient (Wildman–Crippen LogP) is 3.04. The van der Waals surface area contributed by atoms with Crippen LogP contribution in [0.5, 0.6) is 0 Å². The lowest BCUT2D eigenvalue weighted by molar-refractivity contribution is -0.130. The molecule has 0 heterocycles. The molecule has 0 aliphatic heterocycles. The molecule has 0 aromatic carbocycles. The molecule has 1 amide bonds. The summed E-state index contributed by atoms with van der Waals surface area (Å²) in [5.41, 5.74) is 0. The van der Waals surface area contributed by atoms with Gasteiger partial charge in [-0.15, -0.1) is 11.6 Å². The molecule has 0 aliphatic carbocycles. The van der Waals surface area contributed by atoms with Gasteiger partial charge in [0.2, 0.25) is 5.91 Å². The van der Waals surface area contributed by atoms with Gasteiger partial charge in [-0.05, 0) is 19.3 Å². The first kappa shape index (κ1) is 13.8. The average Bonchev–Trinajstić information content (AvgIpc) is 2.18. The van der Waals surface area contributed by atoms with Crippen molar-refractivity contribution in [3.8, 4) is 0 Å². The Bertz CT molecular complexity index is 150. The van der Waals surface area contributed by atoms with Crippen molar-refractivity contribution in [1.82, 2.24) is 4.90 Å². The van der Waals surface area contributed by atoms with Crippen LogP contribution in [-0.4, -0.2) is 30.3 Å². The van der Waals surface area contributed by atoms with Crippen LogP contribution in [0.25, 0.3) is 0 Å². The molecule has 3 heteroatoms. The third-order valence-electron chi connectivity index (χ3n) is 2.30. The number of hydrogen-bond donors (Lipinski definition) is 0. The van der Waals surface area contributed by atoms with Gasteiger partial charge >= 0.3 is 0 Å². The quantitative estimate of drug-likeness (QED) is 0.454. The summed E-state index contributed by atoms with van der Waals surface area (Å²) < 4.78 is 0. The molecule has 0 saturated carbocycles. The molecule has 0 radical (unpaired) electrons. The molecule has 0 unspecified atom stereocenters. The third kappa shape index (κ3) is 7.19. The van der Waals surface area contributed by atoms with E-state index in [9.17, 15) is 4.79 Å². The molecule has 0 atom stereocenters. The van der Waals surface area contributed by atoms with Crippen LogP contribution in [-0.2, 0) is 4.79 Å². The van der Waals surface area contributed by atoms with Crippen molar-refractivity contribution in [2.75, 3.05) is 19.5 Å². The minimum atomic E-state index is 0.256. The Labute approximate surface area is 92.6 Å². The highest BCUT2D eigenvalue weighted by Gasteiger charge is 2.06. The van der Waals surface area contributed by atoms with Crippen molar-refractivity contribution in [1.29, 1.82) is 0 Å². The van der Waals surface area contributed by atoms with Crippen LogP contribution in [0, 0.1) is 0 Å². The third-order valence-corrected chi connectivity index (χ3v) is 2.56. The molecule has 84 valence electrons. The molecule has 0 saturated heterocycles. The number of amides is 1. The fraction of sp³-hybridized carbons (Fsp3) is 0.909. The maximum Gasteiger partial charge on any atom is 0.222 e. The van der Waals surface area contributed by atoms with Crippen LogP contribution in [0.3, 0.4) is 0 Å². The van der Waals surface area contributed by atoms with Crippen LogP contribution >= 0.6 is 11.6 Å². The number of nitrogens with zero attached hydrogens (tertiary/aromatic N) is 1. The van der Waals surface area contributed by atoms with Gasteiger partial charge in [0, 0.05) is 25.9 Å². The summed E-state index contributed by atoms with van der Waals surface area (Å²) in [6.07, 6.45) is 6.04. The smallest absolute Gasteiger partial charge is 0.222 e. The van der Waals surface area contributed by atoms with Gasteiger partial charge in [-0.2, -0.15) is 0 Å². The molecule has 0 bridgehead atoms. The molecule has 0 spiro atoms. The van der Waals surface area contributed by atoms with Crippen molar-refractivity contribution in [2.45, 2.75) is 45.4 Å². The topological polar surface area (TPSA) is 20.3 Å². The molecule has 0 aliphatic rings. The SMILES string of the molecule is CCCCCN(C)C(=O)CCCCCl. The summed E-state index contributed by atoms with van der Waals surface area (Å²) in [5.74, 6) is 0.915. The molecule has 2 nitrogen and oxygen atoms in total. The van der Waals surface area contributed by atoms with E-state index in [0.717, 1.165) is 25.8 Å². The number of alkyl halides is 1. The van der Waals surface area contributed by atoms with E-state index in [1.54, 1.807) is 0 Å². The lowest BCUT2D eigenvalue weighted by Crippen LogP contribution is -2.27. The van der Waals surface area contributed by atoms with Gasteiger partial charge in [0.15, 0.2) is 0 Å². The molecule has 0 aromatic rings. The zero-order valence-electron chi connectivity index (χ0n) is 9.39.